The van der Waals surface area contributed by atoms with Gasteiger partial charge in [0.15, 0.2) is 0 Å². The largest absolute Gasteiger partial charge is 0.481 e. The molecule has 2 atom stereocenters. The van der Waals surface area contributed by atoms with Gasteiger partial charge in [-0.25, -0.2) is 4.79 Å². The van der Waals surface area contributed by atoms with Crippen LogP contribution in [0.3, 0.4) is 0 Å². The Morgan fingerprint density at radius 1 is 1.38 bits per heavy atom. The number of aryl methyl sites for hydroxylation is 1. The lowest BCUT2D eigenvalue weighted by Gasteiger charge is -2.19. The quantitative estimate of drug-likeness (QED) is 0.835. The number of thioether (sulfide) groups is 1. The van der Waals surface area contributed by atoms with E-state index in [0.717, 1.165) is 17.0 Å². The Labute approximate surface area is 129 Å². The zero-order valence-electron chi connectivity index (χ0n) is 13.3. The molecule has 0 aliphatic heterocycles. The molecule has 0 amide bonds. The molecule has 6 heteroatoms. The topological polar surface area (TPSA) is 72.2 Å². The fourth-order valence-corrected chi connectivity index (χ4v) is 3.07. The van der Waals surface area contributed by atoms with E-state index in [0.29, 0.717) is 24.6 Å². The summed E-state index contributed by atoms with van der Waals surface area (Å²) in [5, 5.41) is 9.07. The molecule has 1 aromatic heterocycles. The highest BCUT2D eigenvalue weighted by Crippen LogP contribution is 2.17. The summed E-state index contributed by atoms with van der Waals surface area (Å²) in [6, 6.07) is 0. The summed E-state index contributed by atoms with van der Waals surface area (Å²) in [6.07, 6.45) is 2.44. The van der Waals surface area contributed by atoms with Crippen molar-refractivity contribution < 1.29 is 9.90 Å². The first-order valence-corrected chi connectivity index (χ1v) is 8.45. The predicted octanol–water partition coefficient (Wildman–Crippen LogP) is 2.12. The maximum absolute atomic E-state index is 12.1. The Morgan fingerprint density at radius 2 is 2.00 bits per heavy atom. The number of aromatic nitrogens is 2. The van der Waals surface area contributed by atoms with Gasteiger partial charge < -0.3 is 5.11 Å². The number of carbonyl (C=O) groups is 1. The third-order valence-electron chi connectivity index (χ3n) is 3.65. The molecule has 0 fully saturated rings. The lowest BCUT2D eigenvalue weighted by Crippen LogP contribution is -2.31. The molecule has 0 aliphatic carbocycles. The van der Waals surface area contributed by atoms with E-state index >= 15 is 0 Å². The van der Waals surface area contributed by atoms with E-state index in [9.17, 15) is 9.59 Å². The molecule has 1 heterocycles. The van der Waals surface area contributed by atoms with Crippen molar-refractivity contribution in [1.29, 1.82) is 0 Å². The average molecular weight is 312 g/mol. The molecular weight excluding hydrogens is 288 g/mol. The van der Waals surface area contributed by atoms with Crippen LogP contribution >= 0.6 is 11.8 Å². The van der Waals surface area contributed by atoms with Crippen LogP contribution < -0.4 is 5.69 Å². The van der Waals surface area contributed by atoms with Crippen LogP contribution in [0.25, 0.3) is 0 Å². The van der Waals surface area contributed by atoms with E-state index in [1.165, 1.54) is 0 Å². The molecule has 0 saturated carbocycles. The van der Waals surface area contributed by atoms with E-state index in [-0.39, 0.29) is 5.69 Å². The molecule has 118 valence electrons. The smallest absolute Gasteiger partial charge is 0.347 e. The van der Waals surface area contributed by atoms with Gasteiger partial charge in [0.25, 0.3) is 0 Å². The standard InChI is InChI=1S/C15H24N2O3S/c1-9(8-21-5)7-17-12(4)13(6-10(2)14(18)19)11(3)16-15(17)20/h9-10H,6-8H2,1-5H3,(H,18,19). The molecule has 5 nitrogen and oxygen atoms in total. The third-order valence-corrected chi connectivity index (χ3v) is 4.55. The summed E-state index contributed by atoms with van der Waals surface area (Å²) in [5.74, 6) is 0.0207. The maximum atomic E-state index is 12.1. The molecule has 0 bridgehead atoms. The van der Waals surface area contributed by atoms with Crippen molar-refractivity contribution in [3.63, 3.8) is 0 Å². The van der Waals surface area contributed by atoms with Crippen LogP contribution in [-0.2, 0) is 17.8 Å². The number of rotatable bonds is 7. The van der Waals surface area contributed by atoms with Gasteiger partial charge in [-0.2, -0.15) is 16.7 Å². The van der Waals surface area contributed by atoms with Crippen LogP contribution in [0.2, 0.25) is 0 Å². The van der Waals surface area contributed by atoms with Gasteiger partial charge >= 0.3 is 11.7 Å². The minimum Gasteiger partial charge on any atom is -0.481 e. The highest BCUT2D eigenvalue weighted by Gasteiger charge is 2.18. The second kappa shape index (κ2) is 7.64. The summed E-state index contributed by atoms with van der Waals surface area (Å²) >= 11 is 1.75. The van der Waals surface area contributed by atoms with Crippen LogP contribution in [0.4, 0.5) is 0 Å². The van der Waals surface area contributed by atoms with E-state index in [4.69, 9.17) is 5.11 Å². The molecule has 0 saturated heterocycles. The molecule has 21 heavy (non-hydrogen) atoms. The van der Waals surface area contributed by atoms with Crippen molar-refractivity contribution in [1.82, 2.24) is 9.55 Å². The van der Waals surface area contributed by atoms with Crippen LogP contribution in [0.1, 0.15) is 30.8 Å². The van der Waals surface area contributed by atoms with Crippen LogP contribution in [0, 0.1) is 25.7 Å². The highest BCUT2D eigenvalue weighted by molar-refractivity contribution is 7.98. The summed E-state index contributed by atoms with van der Waals surface area (Å²) in [4.78, 5) is 27.2. The first-order chi connectivity index (χ1) is 9.77. The second-order valence-corrected chi connectivity index (χ2v) is 6.57. The Bertz CT molecular complexity index is 569. The molecule has 1 N–H and O–H groups in total. The van der Waals surface area contributed by atoms with Gasteiger partial charge in [0.1, 0.15) is 0 Å². The fraction of sp³-hybridized carbons (Fsp3) is 0.667. The van der Waals surface area contributed by atoms with E-state index in [1.54, 1.807) is 30.2 Å². The first kappa shape index (κ1) is 17.8. The third kappa shape index (κ3) is 4.59. The Morgan fingerprint density at radius 3 is 2.52 bits per heavy atom. The molecule has 0 aromatic carbocycles. The van der Waals surface area contributed by atoms with Crippen molar-refractivity contribution in [3.05, 3.63) is 27.4 Å². The second-order valence-electron chi connectivity index (χ2n) is 5.66. The Hall–Kier alpha value is -1.30. The molecule has 2 unspecified atom stereocenters. The average Bonchev–Trinajstić information content (AvgIpc) is 2.39. The Balaban J connectivity index is 3.16. The lowest BCUT2D eigenvalue weighted by molar-refractivity contribution is -0.141. The molecule has 1 aromatic rings. The fourth-order valence-electron chi connectivity index (χ4n) is 2.39. The normalized spacial score (nSPS) is 14.0. The van der Waals surface area contributed by atoms with Crippen molar-refractivity contribution in [2.24, 2.45) is 11.8 Å². The number of carboxylic acids is 1. The van der Waals surface area contributed by atoms with Crippen LogP contribution in [0.15, 0.2) is 4.79 Å². The van der Waals surface area contributed by atoms with Crippen LogP contribution in [0.5, 0.6) is 0 Å². The number of aliphatic carboxylic acids is 1. The Kier molecular flexibility index (Phi) is 6.45. The SMILES string of the molecule is CSCC(C)Cn1c(C)c(CC(C)C(=O)O)c(C)nc1=O. The van der Waals surface area contributed by atoms with E-state index < -0.39 is 11.9 Å². The summed E-state index contributed by atoms with van der Waals surface area (Å²) in [7, 11) is 0. The number of carboxylic acid groups (broad SMARTS) is 1. The van der Waals surface area contributed by atoms with Crippen molar-refractivity contribution in [3.8, 4) is 0 Å². The molecule has 0 radical (unpaired) electrons. The number of hydrogen-bond donors (Lipinski definition) is 1. The number of nitrogens with zero attached hydrogens (tertiary/aromatic N) is 2. The van der Waals surface area contributed by atoms with Gasteiger partial charge in [-0.05, 0) is 43.8 Å². The van der Waals surface area contributed by atoms with Gasteiger partial charge in [-0.3, -0.25) is 9.36 Å². The van der Waals surface area contributed by atoms with Gasteiger partial charge in [-0.15, -0.1) is 0 Å². The lowest BCUT2D eigenvalue weighted by atomic mass is 9.98. The van der Waals surface area contributed by atoms with Gasteiger partial charge in [-0.1, -0.05) is 13.8 Å². The molecular formula is C15H24N2O3S. The number of hydrogen-bond acceptors (Lipinski definition) is 4. The van der Waals surface area contributed by atoms with Crippen molar-refractivity contribution in [2.75, 3.05) is 12.0 Å². The molecule has 0 aliphatic rings. The minimum absolute atomic E-state index is 0.246. The maximum Gasteiger partial charge on any atom is 0.347 e. The molecule has 1 rings (SSSR count). The predicted molar refractivity (Wildman–Crippen MR) is 86.0 cm³/mol. The summed E-state index contributed by atoms with van der Waals surface area (Å²) in [5.41, 5.74) is 2.11. The summed E-state index contributed by atoms with van der Waals surface area (Å²) < 4.78 is 1.68. The van der Waals surface area contributed by atoms with Gasteiger partial charge in [0.05, 0.1) is 5.92 Å². The molecule has 0 spiro atoms. The van der Waals surface area contributed by atoms with Gasteiger partial charge in [0, 0.05) is 17.9 Å². The zero-order chi connectivity index (χ0) is 16.2. The summed E-state index contributed by atoms with van der Waals surface area (Å²) in [6.45, 7) is 8.04. The van der Waals surface area contributed by atoms with Crippen molar-refractivity contribution in [2.45, 2.75) is 40.7 Å². The first-order valence-electron chi connectivity index (χ1n) is 7.06. The van der Waals surface area contributed by atoms with E-state index in [2.05, 4.69) is 11.9 Å². The van der Waals surface area contributed by atoms with Crippen LogP contribution in [-0.4, -0.2) is 32.6 Å². The van der Waals surface area contributed by atoms with Gasteiger partial charge in [0.2, 0.25) is 0 Å². The highest BCUT2D eigenvalue weighted by atomic mass is 32.2. The monoisotopic (exact) mass is 312 g/mol. The minimum atomic E-state index is -0.831. The van der Waals surface area contributed by atoms with E-state index in [1.807, 2.05) is 13.2 Å². The zero-order valence-corrected chi connectivity index (χ0v) is 14.2. The van der Waals surface area contributed by atoms with Crippen molar-refractivity contribution >= 4 is 17.7 Å².